The Balaban J connectivity index is 0.923. The number of anilines is 3. The Morgan fingerprint density at radius 1 is 0.362 bits per heavy atom. The molecule has 0 saturated heterocycles. The van der Waals surface area contributed by atoms with E-state index in [2.05, 4.69) is 215 Å². The van der Waals surface area contributed by atoms with E-state index in [0.717, 1.165) is 28.4 Å². The van der Waals surface area contributed by atoms with Crippen LogP contribution in [0.1, 0.15) is 49.9 Å². The van der Waals surface area contributed by atoms with Crippen LogP contribution in [0, 0.1) is 0 Å². The first-order valence-electron chi connectivity index (χ1n) is 20.3. The Labute approximate surface area is 340 Å². The summed E-state index contributed by atoms with van der Waals surface area (Å²) in [5.74, 6) is 1.01. The van der Waals surface area contributed by atoms with E-state index >= 15 is 0 Å². The largest absolute Gasteiger partial charge is 0.456 e. The second kappa shape index (κ2) is 12.8. The Kier molecular flexibility index (Phi) is 7.59. The van der Waals surface area contributed by atoms with Gasteiger partial charge in [-0.15, -0.1) is 0 Å². The Morgan fingerprint density at radius 2 is 0.879 bits per heavy atom. The molecule has 278 valence electrons. The van der Waals surface area contributed by atoms with Gasteiger partial charge < -0.3 is 9.32 Å². The van der Waals surface area contributed by atoms with E-state index in [0.29, 0.717) is 0 Å². The van der Waals surface area contributed by atoms with Crippen LogP contribution < -0.4 is 4.90 Å². The van der Waals surface area contributed by atoms with Crippen molar-refractivity contribution in [2.45, 2.75) is 38.5 Å². The van der Waals surface area contributed by atoms with Gasteiger partial charge in [-0.05, 0) is 110 Å². The van der Waals surface area contributed by atoms with Crippen molar-refractivity contribution < 1.29 is 4.42 Å². The lowest BCUT2D eigenvalue weighted by atomic mass is 9.80. The Hall–Kier alpha value is -6.90. The summed E-state index contributed by atoms with van der Waals surface area (Å²) in [6, 6.07) is 68.7. The molecule has 2 heteroatoms. The van der Waals surface area contributed by atoms with Gasteiger partial charge in [-0.25, -0.2) is 0 Å². The third kappa shape index (κ3) is 5.25. The SMILES string of the molecule is CC1(C)c2ccccc2-c2cc(N(c3ccc(-c4ccccc4)cc3)c3ccc(-c4ccc(-c5ccc6c(c5)C(C)(C)c5c-6oc6ccccc56)cc4)cc3)ccc21. The van der Waals surface area contributed by atoms with Crippen LogP contribution >= 0.6 is 0 Å². The summed E-state index contributed by atoms with van der Waals surface area (Å²) in [7, 11) is 0. The van der Waals surface area contributed by atoms with Gasteiger partial charge in [-0.3, -0.25) is 0 Å². The summed E-state index contributed by atoms with van der Waals surface area (Å²) in [4.78, 5) is 2.39. The number of fused-ring (bicyclic) bond motifs is 8. The van der Waals surface area contributed by atoms with Crippen LogP contribution in [0.4, 0.5) is 17.1 Å². The van der Waals surface area contributed by atoms with E-state index in [9.17, 15) is 0 Å². The number of nitrogens with zero attached hydrogens (tertiary/aromatic N) is 1. The summed E-state index contributed by atoms with van der Waals surface area (Å²) in [6.07, 6.45) is 0. The van der Waals surface area contributed by atoms with Crippen molar-refractivity contribution in [2.75, 3.05) is 4.90 Å². The highest BCUT2D eigenvalue weighted by Crippen LogP contribution is 2.54. The second-order valence-corrected chi connectivity index (χ2v) is 17.0. The number of para-hydroxylation sites is 1. The van der Waals surface area contributed by atoms with Gasteiger partial charge in [-0.2, -0.15) is 0 Å². The standard InChI is InChI=1S/C56H43NO/c1-55(2)49-16-10-8-14-45(49)48-35-44(31-33-50(48)55)57(42-27-22-38(23-28-42)36-12-6-5-7-13-36)43-29-24-39(25-30-43)37-18-20-40(21-19-37)41-26-32-46-51(34-41)56(3,4)53-47-15-9-11-17-52(47)58-54(46)53/h5-35H,1-4H3. The maximum absolute atomic E-state index is 6.41. The summed E-state index contributed by atoms with van der Waals surface area (Å²) in [5.41, 5.74) is 20.6. The van der Waals surface area contributed by atoms with Crippen molar-refractivity contribution in [2.24, 2.45) is 0 Å². The lowest BCUT2D eigenvalue weighted by molar-refractivity contribution is 0.619. The normalized spacial score (nSPS) is 14.1. The molecular weight excluding hydrogens is 703 g/mol. The Bertz CT molecular complexity index is 3020. The minimum absolute atomic E-state index is 0.0416. The smallest absolute Gasteiger partial charge is 0.139 e. The maximum Gasteiger partial charge on any atom is 0.139 e. The van der Waals surface area contributed by atoms with Crippen LogP contribution in [0.25, 0.3) is 66.8 Å². The molecule has 2 aliphatic carbocycles. The lowest BCUT2D eigenvalue weighted by Gasteiger charge is -2.27. The van der Waals surface area contributed by atoms with Crippen LogP contribution in [0.5, 0.6) is 0 Å². The topological polar surface area (TPSA) is 16.4 Å². The van der Waals surface area contributed by atoms with Gasteiger partial charge in [-0.1, -0.05) is 167 Å². The molecule has 0 atom stereocenters. The fourth-order valence-corrected chi connectivity index (χ4v) is 9.82. The highest BCUT2D eigenvalue weighted by molar-refractivity contribution is 5.95. The summed E-state index contributed by atoms with van der Waals surface area (Å²) < 4.78 is 6.41. The van der Waals surface area contributed by atoms with Gasteiger partial charge in [0.2, 0.25) is 0 Å². The molecule has 2 nitrogen and oxygen atoms in total. The predicted octanol–water partition coefficient (Wildman–Crippen LogP) is 15.5. The van der Waals surface area contributed by atoms with Crippen molar-refractivity contribution in [3.8, 4) is 55.8 Å². The molecule has 11 rings (SSSR count). The fraction of sp³-hybridized carbons (Fsp3) is 0.107. The average molecular weight is 746 g/mol. The van der Waals surface area contributed by atoms with E-state index in [1.54, 1.807) is 0 Å². The molecule has 1 heterocycles. The second-order valence-electron chi connectivity index (χ2n) is 17.0. The molecule has 58 heavy (non-hydrogen) atoms. The maximum atomic E-state index is 6.41. The van der Waals surface area contributed by atoms with Crippen molar-refractivity contribution in [3.63, 3.8) is 0 Å². The van der Waals surface area contributed by atoms with Crippen molar-refractivity contribution in [1.29, 1.82) is 0 Å². The zero-order valence-corrected chi connectivity index (χ0v) is 33.3. The molecule has 9 aromatic rings. The quantitative estimate of drug-likeness (QED) is 0.169. The average Bonchev–Trinajstić information content (AvgIpc) is 3.85. The third-order valence-electron chi connectivity index (χ3n) is 12.9. The zero-order chi connectivity index (χ0) is 39.2. The van der Waals surface area contributed by atoms with E-state index in [1.165, 1.54) is 77.7 Å². The fourth-order valence-electron chi connectivity index (χ4n) is 9.82. The van der Waals surface area contributed by atoms with Gasteiger partial charge >= 0.3 is 0 Å². The molecule has 0 saturated carbocycles. The first-order chi connectivity index (χ1) is 28.3. The third-order valence-corrected chi connectivity index (χ3v) is 12.9. The van der Waals surface area contributed by atoms with E-state index in [1.807, 2.05) is 6.07 Å². The summed E-state index contributed by atoms with van der Waals surface area (Å²) >= 11 is 0. The molecule has 8 aromatic carbocycles. The first kappa shape index (κ1) is 34.4. The van der Waals surface area contributed by atoms with Crippen LogP contribution in [-0.4, -0.2) is 0 Å². The molecule has 0 aliphatic heterocycles. The Morgan fingerprint density at radius 3 is 1.57 bits per heavy atom. The summed E-state index contributed by atoms with van der Waals surface area (Å²) in [6.45, 7) is 9.32. The highest BCUT2D eigenvalue weighted by atomic mass is 16.3. The van der Waals surface area contributed by atoms with Gasteiger partial charge in [0.15, 0.2) is 0 Å². The molecule has 0 fully saturated rings. The van der Waals surface area contributed by atoms with Gasteiger partial charge in [0, 0.05) is 44.4 Å². The number of benzene rings is 8. The molecule has 0 spiro atoms. The number of hydrogen-bond donors (Lipinski definition) is 0. The van der Waals surface area contributed by atoms with Crippen LogP contribution in [0.2, 0.25) is 0 Å². The minimum atomic E-state index is -0.145. The van der Waals surface area contributed by atoms with Crippen molar-refractivity contribution in [1.82, 2.24) is 0 Å². The van der Waals surface area contributed by atoms with Crippen LogP contribution in [0.15, 0.2) is 192 Å². The molecule has 0 N–H and O–H groups in total. The number of furan rings is 1. The molecule has 0 bridgehead atoms. The number of rotatable bonds is 6. The molecule has 0 radical (unpaired) electrons. The van der Waals surface area contributed by atoms with E-state index in [4.69, 9.17) is 4.42 Å². The molecule has 1 aromatic heterocycles. The zero-order valence-electron chi connectivity index (χ0n) is 33.3. The van der Waals surface area contributed by atoms with E-state index in [-0.39, 0.29) is 10.8 Å². The predicted molar refractivity (Wildman–Crippen MR) is 242 cm³/mol. The van der Waals surface area contributed by atoms with Gasteiger partial charge in [0.05, 0.1) is 0 Å². The molecule has 0 amide bonds. The molecule has 0 unspecified atom stereocenters. The first-order valence-corrected chi connectivity index (χ1v) is 20.3. The van der Waals surface area contributed by atoms with Gasteiger partial charge in [0.1, 0.15) is 11.3 Å². The molecular formula is C56H43NO. The molecule has 2 aliphatic rings. The summed E-state index contributed by atoms with van der Waals surface area (Å²) in [5, 5.41) is 1.21. The highest BCUT2D eigenvalue weighted by Gasteiger charge is 2.40. The number of hydrogen-bond acceptors (Lipinski definition) is 2. The van der Waals surface area contributed by atoms with Gasteiger partial charge in [0.25, 0.3) is 0 Å². The van der Waals surface area contributed by atoms with E-state index < -0.39 is 0 Å². The van der Waals surface area contributed by atoms with Crippen LogP contribution in [-0.2, 0) is 10.8 Å². The van der Waals surface area contributed by atoms with Crippen molar-refractivity contribution in [3.05, 3.63) is 210 Å². The lowest BCUT2D eigenvalue weighted by Crippen LogP contribution is -2.15. The van der Waals surface area contributed by atoms with Crippen LogP contribution in [0.3, 0.4) is 0 Å². The minimum Gasteiger partial charge on any atom is -0.456 e. The van der Waals surface area contributed by atoms with Crippen molar-refractivity contribution >= 4 is 28.0 Å². The monoisotopic (exact) mass is 745 g/mol.